The van der Waals surface area contributed by atoms with Crippen molar-refractivity contribution >= 4 is 18.3 Å². The Morgan fingerprint density at radius 1 is 1.55 bits per heavy atom. The maximum Gasteiger partial charge on any atom is 0.154 e. The highest BCUT2D eigenvalue weighted by atomic mass is 32.2. The van der Waals surface area contributed by atoms with E-state index in [1.807, 2.05) is 0 Å². The van der Waals surface area contributed by atoms with Gasteiger partial charge in [-0.2, -0.15) is 0 Å². The van der Waals surface area contributed by atoms with Gasteiger partial charge in [-0.05, 0) is 12.1 Å². The second-order valence-corrected chi connectivity index (χ2v) is 2.48. The molecule has 1 aromatic rings. The van der Waals surface area contributed by atoms with Crippen molar-refractivity contribution in [2.45, 2.75) is 4.90 Å². The van der Waals surface area contributed by atoms with Gasteiger partial charge in [0.1, 0.15) is 5.82 Å². The minimum atomic E-state index is -0.612. The second-order valence-electron chi connectivity index (χ2n) is 1.86. The highest BCUT2D eigenvalue weighted by Gasteiger charge is 2.05. The van der Waals surface area contributed by atoms with Gasteiger partial charge in [0.05, 0.1) is 5.56 Å². The van der Waals surface area contributed by atoms with Gasteiger partial charge >= 0.3 is 0 Å². The molecule has 0 heterocycles. The van der Waals surface area contributed by atoms with Crippen molar-refractivity contribution < 1.29 is 13.7 Å². The molecule has 1 N–H and O–H groups in total. The van der Waals surface area contributed by atoms with E-state index in [9.17, 15) is 9.18 Å². The minimum absolute atomic E-state index is 0.0972. The smallest absolute Gasteiger partial charge is 0.154 e. The zero-order valence-electron chi connectivity index (χ0n) is 5.45. The largest absolute Gasteiger partial charge is 0.325 e. The summed E-state index contributed by atoms with van der Waals surface area (Å²) in [6, 6.07) is 4.07. The Bertz CT molecular complexity index is 275. The number of carbonyl (C=O) groups excluding carboxylic acids is 1. The predicted molar refractivity (Wildman–Crippen MR) is 40.3 cm³/mol. The normalized spacial score (nSPS) is 9.64. The molecule has 0 atom stereocenters. The highest BCUT2D eigenvalue weighted by Crippen LogP contribution is 2.20. The molecule has 0 aliphatic rings. The first-order valence-electron chi connectivity index (χ1n) is 2.84. The molecule has 0 spiro atoms. The van der Waals surface area contributed by atoms with E-state index in [-0.39, 0.29) is 10.5 Å². The lowest BCUT2D eigenvalue weighted by molar-refractivity contribution is 0.111. The molecule has 0 fully saturated rings. The van der Waals surface area contributed by atoms with Crippen LogP contribution in [0, 0.1) is 5.82 Å². The molecule has 1 aromatic carbocycles. The molecule has 0 unspecified atom stereocenters. The third kappa shape index (κ3) is 1.58. The van der Waals surface area contributed by atoms with Crippen LogP contribution < -0.4 is 0 Å². The number of halogens is 1. The van der Waals surface area contributed by atoms with Crippen molar-refractivity contribution in [2.75, 3.05) is 0 Å². The molecule has 1 rings (SSSR count). The maximum atomic E-state index is 12.7. The summed E-state index contributed by atoms with van der Waals surface area (Å²) >= 11 is 0.363. The second kappa shape index (κ2) is 3.50. The van der Waals surface area contributed by atoms with Crippen LogP contribution in [0.5, 0.6) is 0 Å². The number of carbonyl (C=O) groups is 1. The van der Waals surface area contributed by atoms with Crippen LogP contribution in [0.15, 0.2) is 23.1 Å². The van der Waals surface area contributed by atoms with Crippen LogP contribution in [-0.4, -0.2) is 10.8 Å². The first-order valence-corrected chi connectivity index (χ1v) is 3.62. The van der Waals surface area contributed by atoms with Crippen LogP contribution in [0.25, 0.3) is 0 Å². The summed E-state index contributed by atoms with van der Waals surface area (Å²) in [6.07, 6.45) is 0.383. The van der Waals surface area contributed by atoms with Gasteiger partial charge in [-0.3, -0.25) is 4.79 Å². The van der Waals surface area contributed by atoms with Crippen molar-refractivity contribution in [3.63, 3.8) is 0 Å². The number of rotatable bonds is 2. The van der Waals surface area contributed by atoms with Crippen molar-refractivity contribution in [1.82, 2.24) is 0 Å². The number of hydrogen-bond donors (Lipinski definition) is 1. The Labute approximate surface area is 67.2 Å². The fourth-order valence-corrected chi connectivity index (χ4v) is 1.09. The van der Waals surface area contributed by atoms with E-state index in [0.29, 0.717) is 18.3 Å². The van der Waals surface area contributed by atoms with Gasteiger partial charge in [0.15, 0.2) is 6.29 Å². The van der Waals surface area contributed by atoms with Gasteiger partial charge in [-0.15, -0.1) is 0 Å². The van der Waals surface area contributed by atoms with Gasteiger partial charge in [0.2, 0.25) is 0 Å². The zero-order chi connectivity index (χ0) is 8.27. The summed E-state index contributed by atoms with van der Waals surface area (Å²) in [5.74, 6) is -0.612. The van der Waals surface area contributed by atoms with Gasteiger partial charge < -0.3 is 4.55 Å². The van der Waals surface area contributed by atoms with Crippen LogP contribution in [-0.2, 0) is 0 Å². The quantitative estimate of drug-likeness (QED) is 0.549. The van der Waals surface area contributed by atoms with Gasteiger partial charge in [-0.1, -0.05) is 6.07 Å². The van der Waals surface area contributed by atoms with E-state index in [2.05, 4.69) is 0 Å². The molecule has 0 saturated heterocycles. The van der Waals surface area contributed by atoms with Crippen LogP contribution >= 0.6 is 12.0 Å². The summed E-state index contributed by atoms with van der Waals surface area (Å²) in [6.45, 7) is 0. The van der Waals surface area contributed by atoms with Crippen molar-refractivity contribution in [2.24, 2.45) is 0 Å². The molecule has 0 saturated carbocycles. The lowest BCUT2D eigenvalue weighted by Crippen LogP contribution is -1.89. The molecule has 4 heteroatoms. The maximum absolute atomic E-state index is 12.7. The summed E-state index contributed by atoms with van der Waals surface area (Å²) in [7, 11) is 0. The van der Waals surface area contributed by atoms with Gasteiger partial charge in [-0.25, -0.2) is 4.39 Å². The number of aldehydes is 1. The highest BCUT2D eigenvalue weighted by molar-refractivity contribution is 7.93. The van der Waals surface area contributed by atoms with Gasteiger partial charge in [0, 0.05) is 16.9 Å². The molecule has 2 nitrogen and oxygen atoms in total. The topological polar surface area (TPSA) is 37.3 Å². The molecule has 11 heavy (non-hydrogen) atoms. The molecular weight excluding hydrogens is 167 g/mol. The number of hydrogen-bond acceptors (Lipinski definition) is 3. The molecule has 0 aliphatic carbocycles. The Hall–Kier alpha value is -0.870. The molecule has 58 valence electrons. The Balaban J connectivity index is 3.24. The lowest BCUT2D eigenvalue weighted by atomic mass is 10.2. The third-order valence-electron chi connectivity index (χ3n) is 1.23. The Kier molecular flexibility index (Phi) is 2.62. The first kappa shape index (κ1) is 8.23. The van der Waals surface area contributed by atoms with E-state index >= 15 is 0 Å². The van der Waals surface area contributed by atoms with Crippen LogP contribution in [0.4, 0.5) is 4.39 Å². The molecule has 0 aromatic heterocycles. The average Bonchev–Trinajstić information content (AvgIpc) is 2.04. The third-order valence-corrected chi connectivity index (χ3v) is 1.78. The van der Waals surface area contributed by atoms with Crippen LogP contribution in [0.2, 0.25) is 0 Å². The molecular formula is C7H5FO2S. The van der Waals surface area contributed by atoms with Crippen LogP contribution in [0.3, 0.4) is 0 Å². The summed E-state index contributed by atoms with van der Waals surface area (Å²) < 4.78 is 21.2. The predicted octanol–water partition coefficient (Wildman–Crippen LogP) is 2.20. The lowest BCUT2D eigenvalue weighted by Gasteiger charge is -1.98. The molecule has 0 bridgehead atoms. The fourth-order valence-electron chi connectivity index (χ4n) is 0.711. The van der Waals surface area contributed by atoms with E-state index in [1.165, 1.54) is 18.2 Å². The molecule has 0 radical (unpaired) electrons. The van der Waals surface area contributed by atoms with E-state index in [0.717, 1.165) is 0 Å². The summed E-state index contributed by atoms with van der Waals surface area (Å²) in [5, 5.41) is 0. The standard InChI is InChI=1S/C7H5FO2S/c8-6-2-1-3-7(11-10)5(6)4-9/h1-4,10H. The fraction of sp³-hybridized carbons (Fsp3) is 0. The Morgan fingerprint density at radius 2 is 2.27 bits per heavy atom. The molecule has 0 aliphatic heterocycles. The van der Waals surface area contributed by atoms with Gasteiger partial charge in [0.25, 0.3) is 0 Å². The monoisotopic (exact) mass is 172 g/mol. The van der Waals surface area contributed by atoms with Crippen molar-refractivity contribution in [3.05, 3.63) is 29.6 Å². The molecule has 0 amide bonds. The number of benzene rings is 1. The average molecular weight is 172 g/mol. The minimum Gasteiger partial charge on any atom is -0.325 e. The SMILES string of the molecule is O=Cc1c(F)cccc1SO. The van der Waals surface area contributed by atoms with Crippen molar-refractivity contribution in [3.8, 4) is 0 Å². The Morgan fingerprint density at radius 3 is 2.73 bits per heavy atom. The van der Waals surface area contributed by atoms with Crippen LogP contribution in [0.1, 0.15) is 10.4 Å². The van der Waals surface area contributed by atoms with E-state index < -0.39 is 5.82 Å². The first-order chi connectivity index (χ1) is 5.29. The zero-order valence-corrected chi connectivity index (χ0v) is 6.27. The van der Waals surface area contributed by atoms with Crippen molar-refractivity contribution in [1.29, 1.82) is 0 Å². The van der Waals surface area contributed by atoms with E-state index in [1.54, 1.807) is 0 Å². The summed E-state index contributed by atoms with van der Waals surface area (Å²) in [4.78, 5) is 10.5. The summed E-state index contributed by atoms with van der Waals surface area (Å²) in [5.41, 5.74) is -0.0972. The van der Waals surface area contributed by atoms with E-state index in [4.69, 9.17) is 4.55 Å².